The lowest BCUT2D eigenvalue weighted by atomic mass is 10.2. The van der Waals surface area contributed by atoms with Crippen LogP contribution in [-0.2, 0) is 9.59 Å². The summed E-state index contributed by atoms with van der Waals surface area (Å²) in [6.45, 7) is 2.71. The molecule has 1 aromatic rings. The number of hydrogen-bond acceptors (Lipinski definition) is 3. The monoisotopic (exact) mass is 263 g/mol. The Hall–Kier alpha value is -2.04. The molecule has 1 saturated carbocycles. The number of ether oxygens (including phenoxy) is 1. The number of benzene rings is 1. The first-order chi connectivity index (χ1) is 9.09. The van der Waals surface area contributed by atoms with Gasteiger partial charge in [0.2, 0.25) is 5.91 Å². The van der Waals surface area contributed by atoms with Crippen molar-refractivity contribution in [2.24, 2.45) is 11.8 Å². The zero-order chi connectivity index (χ0) is 13.8. The van der Waals surface area contributed by atoms with E-state index in [1.165, 1.54) is 0 Å². The zero-order valence-corrected chi connectivity index (χ0v) is 10.8. The normalized spacial score (nSPS) is 20.7. The zero-order valence-electron chi connectivity index (χ0n) is 10.8. The second-order valence-electron chi connectivity index (χ2n) is 4.69. The Balaban J connectivity index is 1.66. The van der Waals surface area contributed by atoms with Crippen molar-refractivity contribution in [2.45, 2.75) is 13.3 Å². The van der Waals surface area contributed by atoms with Gasteiger partial charge in [-0.1, -0.05) is 18.2 Å². The molecule has 0 saturated heterocycles. The summed E-state index contributed by atoms with van der Waals surface area (Å²) < 4.78 is 5.53. The maximum atomic E-state index is 11.6. The summed E-state index contributed by atoms with van der Waals surface area (Å²) in [7, 11) is 0. The van der Waals surface area contributed by atoms with Gasteiger partial charge in [-0.25, -0.2) is 0 Å². The second-order valence-corrected chi connectivity index (χ2v) is 4.69. The number of hydrogen-bond donors (Lipinski definition) is 2. The molecular formula is C14H17NO4. The van der Waals surface area contributed by atoms with Gasteiger partial charge in [0.25, 0.3) is 0 Å². The lowest BCUT2D eigenvalue weighted by Crippen LogP contribution is -2.30. The summed E-state index contributed by atoms with van der Waals surface area (Å²) in [4.78, 5) is 22.2. The first kappa shape index (κ1) is 13.4. The molecule has 0 unspecified atom stereocenters. The van der Waals surface area contributed by atoms with Crippen LogP contribution in [0.15, 0.2) is 24.3 Å². The maximum Gasteiger partial charge on any atom is 0.307 e. The number of carbonyl (C=O) groups is 2. The van der Waals surface area contributed by atoms with E-state index < -0.39 is 11.9 Å². The summed E-state index contributed by atoms with van der Waals surface area (Å²) in [6.07, 6.45) is 0.444. The predicted molar refractivity (Wildman–Crippen MR) is 68.9 cm³/mol. The highest BCUT2D eigenvalue weighted by Crippen LogP contribution is 2.38. The predicted octanol–water partition coefficient (Wildman–Crippen LogP) is 1.21. The first-order valence-electron chi connectivity index (χ1n) is 6.28. The Kier molecular flexibility index (Phi) is 4.04. The standard InChI is InChI=1S/C14H17NO4/c1-9-4-2-3-5-12(9)19-7-6-15-13(16)10-8-11(10)14(17)18/h2-5,10-11H,6-8H2,1H3,(H,15,16)(H,17,18)/t10-,11+/m0/s1. The molecule has 0 aliphatic heterocycles. The van der Waals surface area contributed by atoms with Crippen molar-refractivity contribution in [3.63, 3.8) is 0 Å². The van der Waals surface area contributed by atoms with Gasteiger partial charge in [0, 0.05) is 0 Å². The van der Waals surface area contributed by atoms with Gasteiger partial charge in [-0.2, -0.15) is 0 Å². The van der Waals surface area contributed by atoms with Crippen molar-refractivity contribution >= 4 is 11.9 Å². The molecule has 0 heterocycles. The van der Waals surface area contributed by atoms with Crippen LogP contribution in [0, 0.1) is 18.8 Å². The molecule has 2 N–H and O–H groups in total. The number of para-hydroxylation sites is 1. The molecule has 5 nitrogen and oxygen atoms in total. The number of aliphatic carboxylic acids is 1. The molecule has 0 bridgehead atoms. The minimum Gasteiger partial charge on any atom is -0.491 e. The van der Waals surface area contributed by atoms with Gasteiger partial charge in [-0.05, 0) is 25.0 Å². The number of amides is 1. The molecule has 2 rings (SSSR count). The Morgan fingerprint density at radius 1 is 1.37 bits per heavy atom. The Labute approximate surface area is 111 Å². The van der Waals surface area contributed by atoms with Gasteiger partial charge in [0.15, 0.2) is 0 Å². The van der Waals surface area contributed by atoms with Crippen molar-refractivity contribution in [1.82, 2.24) is 5.32 Å². The molecule has 1 fully saturated rings. The van der Waals surface area contributed by atoms with Crippen LogP contribution in [0.5, 0.6) is 5.75 Å². The highest BCUT2D eigenvalue weighted by atomic mass is 16.5. The maximum absolute atomic E-state index is 11.6. The molecule has 1 amide bonds. The lowest BCUT2D eigenvalue weighted by Gasteiger charge is -2.09. The number of carboxylic acids is 1. The quantitative estimate of drug-likeness (QED) is 0.756. The third-order valence-corrected chi connectivity index (χ3v) is 3.20. The minimum absolute atomic E-state index is 0.194. The second kappa shape index (κ2) is 5.73. The van der Waals surface area contributed by atoms with E-state index in [4.69, 9.17) is 9.84 Å². The molecule has 0 spiro atoms. The first-order valence-corrected chi connectivity index (χ1v) is 6.28. The topological polar surface area (TPSA) is 75.6 Å². The number of carboxylic acid groups (broad SMARTS) is 1. The van der Waals surface area contributed by atoms with Crippen molar-refractivity contribution in [3.8, 4) is 5.75 Å². The van der Waals surface area contributed by atoms with Crippen molar-refractivity contribution in [1.29, 1.82) is 0 Å². The van der Waals surface area contributed by atoms with Gasteiger partial charge in [-0.3, -0.25) is 9.59 Å². The van der Waals surface area contributed by atoms with Gasteiger partial charge >= 0.3 is 5.97 Å². The SMILES string of the molecule is Cc1ccccc1OCCNC(=O)[C@H]1C[C@H]1C(=O)O. The largest absolute Gasteiger partial charge is 0.491 e. The molecule has 102 valence electrons. The van der Waals surface area contributed by atoms with E-state index in [-0.39, 0.29) is 11.8 Å². The Morgan fingerprint density at radius 2 is 2.11 bits per heavy atom. The summed E-state index contributed by atoms with van der Waals surface area (Å²) in [5, 5.41) is 11.4. The van der Waals surface area contributed by atoms with Crippen LogP contribution in [-0.4, -0.2) is 30.1 Å². The summed E-state index contributed by atoms with van der Waals surface area (Å²) in [6, 6.07) is 7.65. The van der Waals surface area contributed by atoms with Crippen LogP contribution in [0.2, 0.25) is 0 Å². The van der Waals surface area contributed by atoms with E-state index in [0.717, 1.165) is 11.3 Å². The third-order valence-electron chi connectivity index (χ3n) is 3.20. The molecular weight excluding hydrogens is 246 g/mol. The fraction of sp³-hybridized carbons (Fsp3) is 0.429. The number of rotatable bonds is 6. The number of carbonyl (C=O) groups excluding carboxylic acids is 1. The average molecular weight is 263 g/mol. The fourth-order valence-electron chi connectivity index (χ4n) is 1.94. The summed E-state index contributed by atoms with van der Waals surface area (Å²) in [5.74, 6) is -1.16. The van der Waals surface area contributed by atoms with E-state index in [2.05, 4.69) is 5.32 Å². The van der Waals surface area contributed by atoms with E-state index in [0.29, 0.717) is 19.6 Å². The lowest BCUT2D eigenvalue weighted by molar-refractivity contribution is -0.140. The smallest absolute Gasteiger partial charge is 0.307 e. The van der Waals surface area contributed by atoms with Crippen molar-refractivity contribution < 1.29 is 19.4 Å². The van der Waals surface area contributed by atoms with E-state index in [1.54, 1.807) is 0 Å². The van der Waals surface area contributed by atoms with Gasteiger partial charge < -0.3 is 15.2 Å². The van der Waals surface area contributed by atoms with Crippen LogP contribution in [0.4, 0.5) is 0 Å². The van der Waals surface area contributed by atoms with Crippen LogP contribution < -0.4 is 10.1 Å². The van der Waals surface area contributed by atoms with Gasteiger partial charge in [0.05, 0.1) is 18.4 Å². The fourth-order valence-corrected chi connectivity index (χ4v) is 1.94. The molecule has 0 radical (unpaired) electrons. The van der Waals surface area contributed by atoms with E-state index in [9.17, 15) is 9.59 Å². The highest BCUT2D eigenvalue weighted by molar-refractivity contribution is 5.89. The molecule has 1 aliphatic rings. The summed E-state index contributed by atoms with van der Waals surface area (Å²) in [5.41, 5.74) is 1.04. The van der Waals surface area contributed by atoms with Gasteiger partial charge in [0.1, 0.15) is 12.4 Å². The molecule has 5 heteroatoms. The van der Waals surface area contributed by atoms with E-state index in [1.807, 2.05) is 31.2 Å². The van der Waals surface area contributed by atoms with Crippen LogP contribution in [0.25, 0.3) is 0 Å². The molecule has 19 heavy (non-hydrogen) atoms. The van der Waals surface area contributed by atoms with Crippen LogP contribution in [0.3, 0.4) is 0 Å². The molecule has 2 atom stereocenters. The Morgan fingerprint density at radius 3 is 2.74 bits per heavy atom. The molecule has 1 aromatic carbocycles. The average Bonchev–Trinajstić information content (AvgIpc) is 3.16. The summed E-state index contributed by atoms with van der Waals surface area (Å²) >= 11 is 0. The third kappa shape index (κ3) is 3.47. The van der Waals surface area contributed by atoms with E-state index >= 15 is 0 Å². The van der Waals surface area contributed by atoms with Crippen molar-refractivity contribution in [2.75, 3.05) is 13.2 Å². The van der Waals surface area contributed by atoms with Gasteiger partial charge in [-0.15, -0.1) is 0 Å². The highest BCUT2D eigenvalue weighted by Gasteiger charge is 2.48. The molecule has 1 aliphatic carbocycles. The number of aryl methyl sites for hydroxylation is 1. The molecule has 0 aromatic heterocycles. The minimum atomic E-state index is -0.892. The Bertz CT molecular complexity index is 486. The van der Waals surface area contributed by atoms with Crippen LogP contribution >= 0.6 is 0 Å². The number of nitrogens with one attached hydrogen (secondary N) is 1. The van der Waals surface area contributed by atoms with Crippen molar-refractivity contribution in [3.05, 3.63) is 29.8 Å². The van der Waals surface area contributed by atoms with Crippen LogP contribution in [0.1, 0.15) is 12.0 Å².